The van der Waals surface area contributed by atoms with Crippen LogP contribution in [0.15, 0.2) is 28.5 Å². The first-order chi connectivity index (χ1) is 14.7. The van der Waals surface area contributed by atoms with Crippen LogP contribution in [-0.2, 0) is 23.0 Å². The molecule has 0 saturated heterocycles. The van der Waals surface area contributed by atoms with Crippen LogP contribution in [0.2, 0.25) is 0 Å². The topological polar surface area (TPSA) is 116 Å². The molecule has 1 unspecified atom stereocenters. The number of sulfonamides is 1. The van der Waals surface area contributed by atoms with E-state index in [4.69, 9.17) is 5.73 Å². The molecule has 0 spiro atoms. The molecule has 4 rings (SSSR count). The number of hydrogen-bond acceptors (Lipinski definition) is 7. The second kappa shape index (κ2) is 8.79. The van der Waals surface area contributed by atoms with Crippen molar-refractivity contribution in [1.29, 1.82) is 0 Å². The molecule has 2 aromatic heterocycles. The Balaban J connectivity index is 1.69. The van der Waals surface area contributed by atoms with Crippen LogP contribution in [0.25, 0.3) is 11.2 Å². The van der Waals surface area contributed by atoms with E-state index < -0.39 is 21.4 Å². The van der Waals surface area contributed by atoms with Crippen LogP contribution in [0.3, 0.4) is 0 Å². The molecule has 0 saturated carbocycles. The fraction of sp³-hybridized carbons (Fsp3) is 0.421. The van der Waals surface area contributed by atoms with E-state index in [-0.39, 0.29) is 12.4 Å². The second-order valence-electron chi connectivity index (χ2n) is 7.55. The van der Waals surface area contributed by atoms with Gasteiger partial charge in [0.05, 0.1) is 5.25 Å². The maximum atomic E-state index is 14.3. The van der Waals surface area contributed by atoms with Crippen molar-refractivity contribution in [3.63, 3.8) is 0 Å². The average Bonchev–Trinajstić information content (AvgIpc) is 3.24. The van der Waals surface area contributed by atoms with Crippen molar-refractivity contribution in [2.75, 3.05) is 12.3 Å². The van der Waals surface area contributed by atoms with Crippen molar-refractivity contribution in [3.8, 4) is 0 Å². The minimum Gasteiger partial charge on any atom is -0.382 e. The van der Waals surface area contributed by atoms with Gasteiger partial charge >= 0.3 is 0 Å². The van der Waals surface area contributed by atoms with Crippen LogP contribution < -0.4 is 10.5 Å². The summed E-state index contributed by atoms with van der Waals surface area (Å²) in [6.07, 6.45) is 1.67. The van der Waals surface area contributed by atoms with Gasteiger partial charge in [-0.3, -0.25) is 0 Å². The van der Waals surface area contributed by atoms with Gasteiger partial charge in [0.15, 0.2) is 22.1 Å². The Kier molecular flexibility index (Phi) is 6.43. The summed E-state index contributed by atoms with van der Waals surface area (Å²) >= 11 is 3.63. The third kappa shape index (κ3) is 4.52. The highest BCUT2D eigenvalue weighted by Gasteiger charge is 2.25. The minimum atomic E-state index is -3.40. The number of aromatic nitrogens is 4. The fourth-order valence-corrected chi connectivity index (χ4v) is 5.95. The Morgan fingerprint density at radius 3 is 2.90 bits per heavy atom. The summed E-state index contributed by atoms with van der Waals surface area (Å²) in [4.78, 5) is 13.8. The highest BCUT2D eigenvalue weighted by molar-refractivity contribution is 14.1. The van der Waals surface area contributed by atoms with Crippen molar-refractivity contribution in [1.82, 2.24) is 24.2 Å². The highest BCUT2D eigenvalue weighted by Crippen LogP contribution is 2.41. The Morgan fingerprint density at radius 1 is 1.39 bits per heavy atom. The molecule has 0 aliphatic heterocycles. The standard InChI is InChI=1S/C19H22FIN6O2S2/c1-10(2)31(28,29)25-5-6-27-18-16(17(22)23-9-24-18)26-19(27)30-15-8-12-11(7-14(15)21)3-4-13(12)20/h7-10,13,25H,3-6H2,1-2H3,(H2,22,23,24). The second-order valence-corrected chi connectivity index (χ2v) is 12.0. The van der Waals surface area contributed by atoms with E-state index >= 15 is 0 Å². The number of nitrogen functional groups attached to an aromatic ring is 1. The van der Waals surface area contributed by atoms with Crippen molar-refractivity contribution in [2.45, 2.75) is 54.7 Å². The predicted octanol–water partition coefficient (Wildman–Crippen LogP) is 3.45. The minimum absolute atomic E-state index is 0.178. The first-order valence-corrected chi connectivity index (χ1v) is 13.2. The first kappa shape index (κ1) is 22.7. The summed E-state index contributed by atoms with van der Waals surface area (Å²) in [5.41, 5.74) is 8.75. The van der Waals surface area contributed by atoms with Crippen LogP contribution >= 0.6 is 34.4 Å². The van der Waals surface area contributed by atoms with E-state index in [0.717, 1.165) is 26.0 Å². The molecule has 166 valence electrons. The van der Waals surface area contributed by atoms with Gasteiger partial charge < -0.3 is 10.3 Å². The molecule has 3 N–H and O–H groups in total. The van der Waals surface area contributed by atoms with Crippen molar-refractivity contribution in [2.24, 2.45) is 0 Å². The lowest BCUT2D eigenvalue weighted by Crippen LogP contribution is -2.33. The smallest absolute Gasteiger partial charge is 0.213 e. The third-order valence-electron chi connectivity index (χ3n) is 5.18. The van der Waals surface area contributed by atoms with Crippen molar-refractivity contribution < 1.29 is 12.8 Å². The van der Waals surface area contributed by atoms with Crippen LogP contribution in [0.5, 0.6) is 0 Å². The lowest BCUT2D eigenvalue weighted by molar-refractivity contribution is 0.343. The molecule has 2 heterocycles. The van der Waals surface area contributed by atoms with E-state index in [2.05, 4.69) is 42.3 Å². The predicted molar refractivity (Wildman–Crippen MR) is 127 cm³/mol. The summed E-state index contributed by atoms with van der Waals surface area (Å²) in [6.45, 7) is 3.74. The van der Waals surface area contributed by atoms with Crippen LogP contribution in [0, 0.1) is 3.57 Å². The molecule has 3 aromatic rings. The van der Waals surface area contributed by atoms with Gasteiger partial charge in [0.25, 0.3) is 0 Å². The number of rotatable bonds is 7. The number of imidazole rings is 1. The van der Waals surface area contributed by atoms with E-state index in [1.807, 2.05) is 16.7 Å². The number of nitrogens with one attached hydrogen (secondary N) is 1. The molecule has 0 radical (unpaired) electrons. The Morgan fingerprint density at radius 2 is 2.16 bits per heavy atom. The maximum absolute atomic E-state index is 14.3. The Hall–Kier alpha value is -1.51. The molecule has 0 fully saturated rings. The average molecular weight is 576 g/mol. The van der Waals surface area contributed by atoms with Gasteiger partial charge in [0.1, 0.15) is 12.5 Å². The molecule has 31 heavy (non-hydrogen) atoms. The van der Waals surface area contributed by atoms with E-state index in [1.54, 1.807) is 13.8 Å². The van der Waals surface area contributed by atoms with Crippen molar-refractivity contribution >= 4 is 61.4 Å². The lowest BCUT2D eigenvalue weighted by atomic mass is 10.1. The van der Waals surface area contributed by atoms with Crippen LogP contribution in [-0.4, -0.2) is 39.7 Å². The summed E-state index contributed by atoms with van der Waals surface area (Å²) in [7, 11) is -3.40. The molecule has 1 aliphatic rings. The number of fused-ring (bicyclic) bond motifs is 2. The fourth-order valence-electron chi connectivity index (χ4n) is 3.41. The van der Waals surface area contributed by atoms with Gasteiger partial charge in [-0.25, -0.2) is 32.5 Å². The number of aryl methyl sites for hydroxylation is 1. The molecule has 1 aliphatic carbocycles. The number of anilines is 1. The number of nitrogens with zero attached hydrogens (tertiary/aromatic N) is 4. The summed E-state index contributed by atoms with van der Waals surface area (Å²) < 4.78 is 43.9. The lowest BCUT2D eigenvalue weighted by Gasteiger charge is -2.13. The normalized spacial score (nSPS) is 16.4. The molecule has 8 nitrogen and oxygen atoms in total. The van der Waals surface area contributed by atoms with Gasteiger partial charge in [-0.2, -0.15) is 0 Å². The molecule has 0 amide bonds. The number of hydrogen-bond donors (Lipinski definition) is 2. The van der Waals surface area contributed by atoms with E-state index in [9.17, 15) is 12.8 Å². The molecular weight excluding hydrogens is 554 g/mol. The van der Waals surface area contributed by atoms with Gasteiger partial charge in [-0.15, -0.1) is 0 Å². The summed E-state index contributed by atoms with van der Waals surface area (Å²) in [5, 5.41) is 0.0673. The zero-order chi connectivity index (χ0) is 22.3. The van der Waals surface area contributed by atoms with Crippen molar-refractivity contribution in [3.05, 3.63) is 33.2 Å². The Bertz CT molecular complexity index is 1250. The number of nitrogens with two attached hydrogens (primary N) is 1. The quantitative estimate of drug-likeness (QED) is 0.414. The first-order valence-electron chi connectivity index (χ1n) is 9.76. The summed E-state index contributed by atoms with van der Waals surface area (Å²) in [5.74, 6) is 0.251. The third-order valence-corrected chi connectivity index (χ3v) is 9.34. The van der Waals surface area contributed by atoms with Gasteiger partial charge in [0.2, 0.25) is 10.0 Å². The van der Waals surface area contributed by atoms with E-state index in [0.29, 0.717) is 29.3 Å². The SMILES string of the molecule is CC(C)S(=O)(=O)NCCn1c(Sc2cc3c(cc2I)CCC3F)nc2c(N)ncnc21. The largest absolute Gasteiger partial charge is 0.382 e. The number of benzene rings is 1. The summed E-state index contributed by atoms with van der Waals surface area (Å²) in [6, 6.07) is 3.91. The molecular formula is C19H22FIN6O2S2. The van der Waals surface area contributed by atoms with Gasteiger partial charge in [-0.1, -0.05) is 11.8 Å². The van der Waals surface area contributed by atoms with Gasteiger partial charge in [-0.05, 0) is 72.5 Å². The monoisotopic (exact) mass is 576 g/mol. The molecule has 12 heteroatoms. The number of halogens is 2. The molecule has 0 bridgehead atoms. The molecule has 1 aromatic carbocycles. The van der Waals surface area contributed by atoms with Crippen LogP contribution in [0.1, 0.15) is 37.6 Å². The number of alkyl halides is 1. The zero-order valence-electron chi connectivity index (χ0n) is 17.0. The maximum Gasteiger partial charge on any atom is 0.213 e. The Labute approximate surface area is 197 Å². The van der Waals surface area contributed by atoms with E-state index in [1.165, 1.54) is 18.1 Å². The van der Waals surface area contributed by atoms with Crippen LogP contribution in [0.4, 0.5) is 10.2 Å². The highest BCUT2D eigenvalue weighted by atomic mass is 127. The zero-order valence-corrected chi connectivity index (χ0v) is 20.8. The van der Waals surface area contributed by atoms with Gasteiger partial charge in [0, 0.05) is 21.6 Å². The molecule has 1 atom stereocenters.